The molecule has 1 heterocycles. The standard InChI is InChI=1S/C16H19BrN4O/c1-21(2)9-8-18-14-6-7-15(19-11-14)16(22)20-13-5-3-4-12(17)10-13/h3-7,10-11,18H,8-9H2,1-2H3,(H,20,22). The summed E-state index contributed by atoms with van der Waals surface area (Å²) in [7, 11) is 4.05. The number of aromatic nitrogens is 1. The van der Waals surface area contributed by atoms with Crippen molar-refractivity contribution in [2.75, 3.05) is 37.8 Å². The second-order valence-electron chi connectivity index (χ2n) is 5.13. The second-order valence-corrected chi connectivity index (χ2v) is 6.04. The number of anilines is 2. The van der Waals surface area contributed by atoms with Crippen molar-refractivity contribution in [1.82, 2.24) is 9.88 Å². The lowest BCUT2D eigenvalue weighted by molar-refractivity contribution is 0.102. The molecule has 22 heavy (non-hydrogen) atoms. The predicted octanol–water partition coefficient (Wildman–Crippen LogP) is 3.07. The van der Waals surface area contributed by atoms with Crippen molar-refractivity contribution < 1.29 is 4.79 Å². The van der Waals surface area contributed by atoms with Gasteiger partial charge in [-0.3, -0.25) is 4.79 Å². The van der Waals surface area contributed by atoms with Crippen LogP contribution in [0.4, 0.5) is 11.4 Å². The van der Waals surface area contributed by atoms with E-state index in [1.165, 1.54) is 0 Å². The maximum Gasteiger partial charge on any atom is 0.274 e. The molecule has 2 rings (SSSR count). The Morgan fingerprint density at radius 1 is 1.23 bits per heavy atom. The Bertz CT molecular complexity index is 628. The van der Waals surface area contributed by atoms with Gasteiger partial charge in [0, 0.05) is 23.2 Å². The van der Waals surface area contributed by atoms with Crippen LogP contribution in [0.25, 0.3) is 0 Å². The molecule has 1 amide bonds. The number of carbonyl (C=O) groups is 1. The first-order valence-corrected chi connectivity index (χ1v) is 7.75. The summed E-state index contributed by atoms with van der Waals surface area (Å²) >= 11 is 3.37. The van der Waals surface area contributed by atoms with Gasteiger partial charge in [-0.2, -0.15) is 0 Å². The minimum Gasteiger partial charge on any atom is -0.383 e. The van der Waals surface area contributed by atoms with E-state index < -0.39 is 0 Å². The lowest BCUT2D eigenvalue weighted by Crippen LogP contribution is -2.21. The summed E-state index contributed by atoms with van der Waals surface area (Å²) in [5.41, 5.74) is 2.02. The van der Waals surface area contributed by atoms with E-state index >= 15 is 0 Å². The average molecular weight is 363 g/mol. The Morgan fingerprint density at radius 3 is 2.68 bits per heavy atom. The molecular formula is C16H19BrN4O. The molecule has 1 aromatic heterocycles. The Kier molecular flexibility index (Phi) is 5.91. The van der Waals surface area contributed by atoms with Crippen LogP contribution in [0, 0.1) is 0 Å². The molecule has 0 fully saturated rings. The molecule has 0 atom stereocenters. The number of amides is 1. The first kappa shape index (κ1) is 16.5. The number of likely N-dealkylation sites (N-methyl/N-ethyl adjacent to an activating group) is 1. The minimum absolute atomic E-state index is 0.224. The number of carbonyl (C=O) groups excluding carboxylic acids is 1. The van der Waals surface area contributed by atoms with E-state index in [2.05, 4.69) is 36.4 Å². The SMILES string of the molecule is CN(C)CCNc1ccc(C(=O)Nc2cccc(Br)c2)nc1. The topological polar surface area (TPSA) is 57.3 Å². The van der Waals surface area contributed by atoms with Crippen molar-refractivity contribution in [2.45, 2.75) is 0 Å². The molecule has 116 valence electrons. The van der Waals surface area contributed by atoms with Crippen LogP contribution >= 0.6 is 15.9 Å². The van der Waals surface area contributed by atoms with Gasteiger partial charge in [0.1, 0.15) is 5.69 Å². The predicted molar refractivity (Wildman–Crippen MR) is 93.4 cm³/mol. The van der Waals surface area contributed by atoms with Crippen LogP contribution in [0.1, 0.15) is 10.5 Å². The fourth-order valence-electron chi connectivity index (χ4n) is 1.82. The molecule has 0 bridgehead atoms. The van der Waals surface area contributed by atoms with E-state index in [1.54, 1.807) is 12.3 Å². The molecule has 0 aliphatic rings. The van der Waals surface area contributed by atoms with Crippen molar-refractivity contribution >= 4 is 33.2 Å². The fourth-order valence-corrected chi connectivity index (χ4v) is 2.22. The average Bonchev–Trinajstić information content (AvgIpc) is 2.47. The summed E-state index contributed by atoms with van der Waals surface area (Å²) in [6, 6.07) is 11.0. The normalized spacial score (nSPS) is 10.5. The second kappa shape index (κ2) is 7.91. The van der Waals surface area contributed by atoms with Gasteiger partial charge in [0.2, 0.25) is 0 Å². The summed E-state index contributed by atoms with van der Waals surface area (Å²) in [6.07, 6.45) is 1.67. The lowest BCUT2D eigenvalue weighted by atomic mass is 10.3. The van der Waals surface area contributed by atoms with Crippen LogP contribution in [0.2, 0.25) is 0 Å². The molecule has 0 aliphatic carbocycles. The van der Waals surface area contributed by atoms with E-state index in [-0.39, 0.29) is 5.91 Å². The number of rotatable bonds is 6. The molecular weight excluding hydrogens is 344 g/mol. The third kappa shape index (κ3) is 5.13. The molecule has 1 aromatic carbocycles. The van der Waals surface area contributed by atoms with Crippen molar-refractivity contribution in [3.8, 4) is 0 Å². The smallest absolute Gasteiger partial charge is 0.274 e. The fraction of sp³-hybridized carbons (Fsp3) is 0.250. The van der Waals surface area contributed by atoms with Crippen molar-refractivity contribution in [1.29, 1.82) is 0 Å². The van der Waals surface area contributed by atoms with Gasteiger partial charge in [-0.05, 0) is 44.4 Å². The van der Waals surface area contributed by atoms with E-state index in [0.717, 1.165) is 28.9 Å². The Balaban J connectivity index is 1.93. The van der Waals surface area contributed by atoms with Crippen LogP contribution in [-0.2, 0) is 0 Å². The molecule has 0 spiro atoms. The van der Waals surface area contributed by atoms with E-state index in [1.807, 2.05) is 44.4 Å². The third-order valence-electron chi connectivity index (χ3n) is 2.97. The molecule has 6 heteroatoms. The van der Waals surface area contributed by atoms with Gasteiger partial charge >= 0.3 is 0 Å². The number of hydrogen-bond acceptors (Lipinski definition) is 4. The lowest BCUT2D eigenvalue weighted by Gasteiger charge is -2.11. The summed E-state index contributed by atoms with van der Waals surface area (Å²) < 4.78 is 0.915. The number of nitrogens with one attached hydrogen (secondary N) is 2. The van der Waals surface area contributed by atoms with Gasteiger partial charge < -0.3 is 15.5 Å². The molecule has 0 saturated heterocycles. The van der Waals surface area contributed by atoms with Crippen molar-refractivity contribution in [3.63, 3.8) is 0 Å². The van der Waals surface area contributed by atoms with Gasteiger partial charge in [0.05, 0.1) is 11.9 Å². The summed E-state index contributed by atoms with van der Waals surface area (Å²) in [4.78, 5) is 18.4. The maximum atomic E-state index is 12.1. The first-order valence-electron chi connectivity index (χ1n) is 6.96. The number of nitrogens with zero attached hydrogens (tertiary/aromatic N) is 2. The van der Waals surface area contributed by atoms with Crippen LogP contribution in [0.5, 0.6) is 0 Å². The molecule has 0 aliphatic heterocycles. The molecule has 0 radical (unpaired) electrons. The van der Waals surface area contributed by atoms with E-state index in [0.29, 0.717) is 5.69 Å². The van der Waals surface area contributed by atoms with Crippen LogP contribution in [-0.4, -0.2) is 43.0 Å². The van der Waals surface area contributed by atoms with Gasteiger partial charge in [-0.25, -0.2) is 4.98 Å². The van der Waals surface area contributed by atoms with Gasteiger partial charge in [-0.1, -0.05) is 22.0 Å². The zero-order chi connectivity index (χ0) is 15.9. The molecule has 2 aromatic rings. The summed E-state index contributed by atoms with van der Waals surface area (Å²) in [6.45, 7) is 1.77. The van der Waals surface area contributed by atoms with E-state index in [4.69, 9.17) is 0 Å². The summed E-state index contributed by atoms with van der Waals surface area (Å²) in [5, 5.41) is 6.08. The van der Waals surface area contributed by atoms with Crippen LogP contribution < -0.4 is 10.6 Å². The van der Waals surface area contributed by atoms with E-state index in [9.17, 15) is 4.79 Å². The highest BCUT2D eigenvalue weighted by Gasteiger charge is 2.07. The zero-order valence-corrected chi connectivity index (χ0v) is 14.2. The van der Waals surface area contributed by atoms with Crippen LogP contribution in [0.3, 0.4) is 0 Å². The van der Waals surface area contributed by atoms with Crippen molar-refractivity contribution in [2.24, 2.45) is 0 Å². The Labute approximate surface area is 138 Å². The number of halogens is 1. The zero-order valence-electron chi connectivity index (χ0n) is 12.6. The third-order valence-corrected chi connectivity index (χ3v) is 3.46. The van der Waals surface area contributed by atoms with Crippen LogP contribution in [0.15, 0.2) is 47.1 Å². The number of hydrogen-bond donors (Lipinski definition) is 2. The Hall–Kier alpha value is -1.92. The monoisotopic (exact) mass is 362 g/mol. The summed E-state index contributed by atoms with van der Waals surface area (Å²) in [5.74, 6) is -0.224. The highest BCUT2D eigenvalue weighted by molar-refractivity contribution is 9.10. The Morgan fingerprint density at radius 2 is 2.05 bits per heavy atom. The number of pyridine rings is 1. The minimum atomic E-state index is -0.224. The number of benzene rings is 1. The molecule has 0 unspecified atom stereocenters. The molecule has 5 nitrogen and oxygen atoms in total. The quantitative estimate of drug-likeness (QED) is 0.828. The molecule has 2 N–H and O–H groups in total. The first-order chi connectivity index (χ1) is 10.5. The van der Waals surface area contributed by atoms with Gasteiger partial charge in [-0.15, -0.1) is 0 Å². The van der Waals surface area contributed by atoms with Gasteiger partial charge in [0.15, 0.2) is 0 Å². The largest absolute Gasteiger partial charge is 0.383 e. The highest BCUT2D eigenvalue weighted by atomic mass is 79.9. The van der Waals surface area contributed by atoms with Crippen molar-refractivity contribution in [3.05, 3.63) is 52.8 Å². The molecule has 0 saturated carbocycles. The van der Waals surface area contributed by atoms with Gasteiger partial charge in [0.25, 0.3) is 5.91 Å². The highest BCUT2D eigenvalue weighted by Crippen LogP contribution is 2.16. The maximum absolute atomic E-state index is 12.1.